The molecule has 16 heavy (non-hydrogen) atoms. The molecular weight excluding hydrogens is 204 g/mol. The first kappa shape index (κ1) is 12.5. The normalized spacial score (nSPS) is 12.2. The van der Waals surface area contributed by atoms with Gasteiger partial charge < -0.3 is 16.2 Å². The molecule has 0 radical (unpaired) electrons. The van der Waals surface area contributed by atoms with E-state index in [1.54, 1.807) is 0 Å². The van der Waals surface area contributed by atoms with Gasteiger partial charge in [-0.1, -0.05) is 6.07 Å². The van der Waals surface area contributed by atoms with Gasteiger partial charge in [-0.3, -0.25) is 4.79 Å². The lowest BCUT2D eigenvalue weighted by Crippen LogP contribution is -2.37. The van der Waals surface area contributed by atoms with Crippen LogP contribution in [-0.2, 0) is 4.79 Å². The Morgan fingerprint density at radius 1 is 1.38 bits per heavy atom. The molecule has 0 aliphatic heterocycles. The first-order chi connectivity index (χ1) is 7.50. The van der Waals surface area contributed by atoms with Crippen LogP contribution in [0.1, 0.15) is 17.5 Å². The van der Waals surface area contributed by atoms with Crippen LogP contribution in [0.4, 0.5) is 0 Å². The Kier molecular flexibility index (Phi) is 4.31. The van der Waals surface area contributed by atoms with Crippen LogP contribution in [0.15, 0.2) is 18.2 Å². The molecule has 1 aromatic rings. The molecule has 0 saturated carbocycles. The summed E-state index contributed by atoms with van der Waals surface area (Å²) in [4.78, 5) is 10.7. The number of nitrogens with two attached hydrogens (primary N) is 2. The lowest BCUT2D eigenvalue weighted by Gasteiger charge is -2.10. The molecule has 4 nitrogen and oxygen atoms in total. The Hall–Kier alpha value is -1.55. The minimum Gasteiger partial charge on any atom is -0.494 e. The number of carbonyl (C=O) groups excluding carboxylic acids is 1. The van der Waals surface area contributed by atoms with Gasteiger partial charge in [0.1, 0.15) is 5.75 Å². The van der Waals surface area contributed by atoms with Crippen molar-refractivity contribution in [3.8, 4) is 5.75 Å². The summed E-state index contributed by atoms with van der Waals surface area (Å²) in [6, 6.07) is 5.23. The standard InChI is InChI=1S/C12H18N2O2/c1-8-3-4-10(7-9(8)2)16-6-5-11(13)12(14)15/h3-4,7,11H,5-6,13H2,1-2H3,(H2,14,15). The summed E-state index contributed by atoms with van der Waals surface area (Å²) in [5.41, 5.74) is 12.9. The molecule has 1 rings (SSSR count). The second-order valence-corrected chi connectivity index (χ2v) is 3.89. The van der Waals surface area contributed by atoms with Crippen molar-refractivity contribution in [3.63, 3.8) is 0 Å². The van der Waals surface area contributed by atoms with E-state index in [1.165, 1.54) is 11.1 Å². The summed E-state index contributed by atoms with van der Waals surface area (Å²) in [6.45, 7) is 4.46. The summed E-state index contributed by atoms with van der Waals surface area (Å²) < 4.78 is 5.47. The minimum absolute atomic E-state index is 0.395. The number of benzene rings is 1. The van der Waals surface area contributed by atoms with Crippen molar-refractivity contribution in [2.24, 2.45) is 11.5 Å². The predicted molar refractivity (Wildman–Crippen MR) is 63.2 cm³/mol. The number of aryl methyl sites for hydroxylation is 2. The fourth-order valence-corrected chi connectivity index (χ4v) is 1.25. The maximum atomic E-state index is 10.7. The fraction of sp³-hybridized carbons (Fsp3) is 0.417. The summed E-state index contributed by atoms with van der Waals surface area (Å²) in [5, 5.41) is 0. The molecule has 88 valence electrons. The average Bonchev–Trinajstić information content (AvgIpc) is 2.23. The number of amides is 1. The summed E-state index contributed by atoms with van der Waals surface area (Å²) >= 11 is 0. The third-order valence-electron chi connectivity index (χ3n) is 2.54. The quantitative estimate of drug-likeness (QED) is 0.776. The molecule has 0 aliphatic rings. The first-order valence-corrected chi connectivity index (χ1v) is 5.25. The van der Waals surface area contributed by atoms with Crippen LogP contribution < -0.4 is 16.2 Å². The van der Waals surface area contributed by atoms with Gasteiger partial charge in [0.05, 0.1) is 12.6 Å². The summed E-state index contributed by atoms with van der Waals surface area (Å²) in [6.07, 6.45) is 0.433. The second kappa shape index (κ2) is 5.51. The van der Waals surface area contributed by atoms with Crippen LogP contribution in [0, 0.1) is 13.8 Å². The van der Waals surface area contributed by atoms with Crippen LogP contribution in [0.3, 0.4) is 0 Å². The number of hydrogen-bond acceptors (Lipinski definition) is 3. The van der Waals surface area contributed by atoms with Gasteiger partial charge in [-0.05, 0) is 37.1 Å². The molecule has 4 N–H and O–H groups in total. The van der Waals surface area contributed by atoms with Gasteiger partial charge in [-0.15, -0.1) is 0 Å². The molecule has 0 aromatic heterocycles. The minimum atomic E-state index is -0.633. The molecule has 0 spiro atoms. The smallest absolute Gasteiger partial charge is 0.234 e. The van der Waals surface area contributed by atoms with Crippen LogP contribution in [0.2, 0.25) is 0 Å². The zero-order valence-electron chi connectivity index (χ0n) is 9.69. The molecule has 0 saturated heterocycles. The maximum Gasteiger partial charge on any atom is 0.234 e. The van der Waals surface area contributed by atoms with Crippen molar-refractivity contribution < 1.29 is 9.53 Å². The fourth-order valence-electron chi connectivity index (χ4n) is 1.25. The highest BCUT2D eigenvalue weighted by atomic mass is 16.5. The Bertz CT molecular complexity index is 377. The van der Waals surface area contributed by atoms with Gasteiger partial charge in [0.25, 0.3) is 0 Å². The zero-order chi connectivity index (χ0) is 12.1. The van der Waals surface area contributed by atoms with E-state index in [4.69, 9.17) is 16.2 Å². The van der Waals surface area contributed by atoms with Crippen LogP contribution in [0.5, 0.6) is 5.75 Å². The molecule has 0 bridgehead atoms. The number of carbonyl (C=O) groups is 1. The van der Waals surface area contributed by atoms with Gasteiger partial charge in [0.15, 0.2) is 0 Å². The molecule has 0 fully saturated rings. The highest BCUT2D eigenvalue weighted by molar-refractivity contribution is 5.79. The lowest BCUT2D eigenvalue weighted by molar-refractivity contribution is -0.119. The van der Waals surface area contributed by atoms with E-state index in [1.807, 2.05) is 32.0 Å². The Labute approximate surface area is 95.6 Å². The van der Waals surface area contributed by atoms with Gasteiger partial charge in [-0.25, -0.2) is 0 Å². The zero-order valence-corrected chi connectivity index (χ0v) is 9.69. The highest BCUT2D eigenvalue weighted by Crippen LogP contribution is 2.16. The van der Waals surface area contributed by atoms with E-state index in [0.717, 1.165) is 5.75 Å². The van der Waals surface area contributed by atoms with Crippen molar-refractivity contribution in [2.45, 2.75) is 26.3 Å². The lowest BCUT2D eigenvalue weighted by atomic mass is 10.1. The van der Waals surface area contributed by atoms with E-state index in [-0.39, 0.29) is 0 Å². The van der Waals surface area contributed by atoms with Gasteiger partial charge >= 0.3 is 0 Å². The molecule has 1 unspecified atom stereocenters. The molecule has 0 heterocycles. The number of primary amides is 1. The number of hydrogen-bond donors (Lipinski definition) is 2. The monoisotopic (exact) mass is 222 g/mol. The van der Waals surface area contributed by atoms with E-state index in [0.29, 0.717) is 13.0 Å². The molecule has 1 amide bonds. The van der Waals surface area contributed by atoms with Crippen molar-refractivity contribution >= 4 is 5.91 Å². The van der Waals surface area contributed by atoms with Crippen molar-refractivity contribution in [2.75, 3.05) is 6.61 Å². The number of ether oxygens (including phenoxy) is 1. The largest absolute Gasteiger partial charge is 0.494 e. The Balaban J connectivity index is 2.43. The second-order valence-electron chi connectivity index (χ2n) is 3.89. The first-order valence-electron chi connectivity index (χ1n) is 5.25. The molecular formula is C12H18N2O2. The molecule has 1 atom stereocenters. The average molecular weight is 222 g/mol. The molecule has 0 aliphatic carbocycles. The van der Waals surface area contributed by atoms with Crippen molar-refractivity contribution in [3.05, 3.63) is 29.3 Å². The van der Waals surface area contributed by atoms with E-state index >= 15 is 0 Å². The topological polar surface area (TPSA) is 78.3 Å². The van der Waals surface area contributed by atoms with Gasteiger partial charge in [0, 0.05) is 6.42 Å². The van der Waals surface area contributed by atoms with Gasteiger partial charge in [0.2, 0.25) is 5.91 Å². The van der Waals surface area contributed by atoms with E-state index in [9.17, 15) is 4.79 Å². The predicted octanol–water partition coefficient (Wildman–Crippen LogP) is 0.885. The van der Waals surface area contributed by atoms with E-state index < -0.39 is 11.9 Å². The van der Waals surface area contributed by atoms with E-state index in [2.05, 4.69) is 0 Å². The van der Waals surface area contributed by atoms with Crippen molar-refractivity contribution in [1.29, 1.82) is 0 Å². The molecule has 4 heteroatoms. The summed E-state index contributed by atoms with van der Waals surface area (Å²) in [5.74, 6) is 0.295. The third-order valence-corrected chi connectivity index (χ3v) is 2.54. The van der Waals surface area contributed by atoms with Crippen LogP contribution >= 0.6 is 0 Å². The third kappa shape index (κ3) is 3.55. The number of rotatable bonds is 5. The maximum absolute atomic E-state index is 10.7. The van der Waals surface area contributed by atoms with Gasteiger partial charge in [-0.2, -0.15) is 0 Å². The Morgan fingerprint density at radius 3 is 2.62 bits per heavy atom. The van der Waals surface area contributed by atoms with Crippen molar-refractivity contribution in [1.82, 2.24) is 0 Å². The van der Waals surface area contributed by atoms with Crippen LogP contribution in [0.25, 0.3) is 0 Å². The summed E-state index contributed by atoms with van der Waals surface area (Å²) in [7, 11) is 0. The Morgan fingerprint density at radius 2 is 2.06 bits per heavy atom. The highest BCUT2D eigenvalue weighted by Gasteiger charge is 2.08. The SMILES string of the molecule is Cc1ccc(OCCC(N)C(N)=O)cc1C. The van der Waals surface area contributed by atoms with Crippen LogP contribution in [-0.4, -0.2) is 18.6 Å². The molecule has 1 aromatic carbocycles.